The third-order valence-corrected chi connectivity index (χ3v) is 6.21. The van der Waals surface area contributed by atoms with Crippen LogP contribution in [-0.4, -0.2) is 37.0 Å². The molecule has 0 spiro atoms. The van der Waals surface area contributed by atoms with Gasteiger partial charge in [0.25, 0.3) is 0 Å². The van der Waals surface area contributed by atoms with E-state index in [0.29, 0.717) is 24.9 Å². The molecule has 0 aliphatic carbocycles. The molecule has 4 rings (SSSR count). The van der Waals surface area contributed by atoms with Crippen molar-refractivity contribution in [3.63, 3.8) is 0 Å². The zero-order valence-electron chi connectivity index (χ0n) is 23.9. The van der Waals surface area contributed by atoms with Crippen LogP contribution in [0.1, 0.15) is 58.1 Å². The summed E-state index contributed by atoms with van der Waals surface area (Å²) < 4.78 is 18.0. The van der Waals surface area contributed by atoms with Crippen molar-refractivity contribution in [2.24, 2.45) is 21.5 Å². The summed E-state index contributed by atoms with van der Waals surface area (Å²) in [6, 6.07) is 24.0. The van der Waals surface area contributed by atoms with E-state index in [2.05, 4.69) is 9.98 Å². The van der Waals surface area contributed by atoms with Crippen LogP contribution in [0.25, 0.3) is 22.3 Å². The molecule has 40 heavy (non-hydrogen) atoms. The summed E-state index contributed by atoms with van der Waals surface area (Å²) >= 11 is 0. The molecule has 210 valence electrons. The molecular formula is C33H40N4O3. The molecule has 0 saturated heterocycles. The Bertz CT molecular complexity index is 1450. The van der Waals surface area contributed by atoms with Gasteiger partial charge in [-0.15, -0.1) is 0 Å². The van der Waals surface area contributed by atoms with Crippen LogP contribution in [0.4, 0.5) is 0 Å². The SMILES string of the molecule is CC(C)N=C(N)c1cccc(OCCCCCOc2ccc(-c3cc4ccc(C(N)=NC(C)C)cc4o3)cc2)c1. The van der Waals surface area contributed by atoms with E-state index in [-0.39, 0.29) is 12.1 Å². The van der Waals surface area contributed by atoms with Crippen LogP contribution in [0.15, 0.2) is 87.2 Å². The van der Waals surface area contributed by atoms with Gasteiger partial charge in [-0.05, 0) is 95.5 Å². The molecule has 1 heterocycles. The van der Waals surface area contributed by atoms with Gasteiger partial charge in [-0.2, -0.15) is 0 Å². The summed E-state index contributed by atoms with van der Waals surface area (Å²) in [6.07, 6.45) is 2.92. The summed E-state index contributed by atoms with van der Waals surface area (Å²) in [6.45, 7) is 9.32. The van der Waals surface area contributed by atoms with Gasteiger partial charge >= 0.3 is 0 Å². The van der Waals surface area contributed by atoms with Gasteiger partial charge < -0.3 is 25.4 Å². The number of benzene rings is 3. The standard InChI is InChI=1S/C33H40N4O3/c1-22(2)36-32(34)26-9-8-10-29(19-26)39-18-7-5-6-17-38-28-15-13-24(14-16-28)30-20-25-11-12-27(21-31(25)40-30)33(35)37-23(3)4/h8-16,19-23H,5-7,17-18H2,1-4H3,(H2,34,36)(H2,35,37). The number of nitrogens with zero attached hydrogens (tertiary/aromatic N) is 2. The summed E-state index contributed by atoms with van der Waals surface area (Å²) in [5.74, 6) is 3.51. The number of unbranched alkanes of at least 4 members (excludes halogenated alkanes) is 2. The maximum Gasteiger partial charge on any atom is 0.135 e. The number of fused-ring (bicyclic) bond motifs is 1. The fourth-order valence-electron chi connectivity index (χ4n) is 4.26. The fraction of sp³-hybridized carbons (Fsp3) is 0.333. The van der Waals surface area contributed by atoms with Gasteiger partial charge in [-0.3, -0.25) is 9.98 Å². The van der Waals surface area contributed by atoms with Crippen LogP contribution >= 0.6 is 0 Å². The molecule has 7 heteroatoms. The van der Waals surface area contributed by atoms with Crippen molar-refractivity contribution in [3.8, 4) is 22.8 Å². The van der Waals surface area contributed by atoms with Gasteiger partial charge in [0.2, 0.25) is 0 Å². The molecule has 7 nitrogen and oxygen atoms in total. The van der Waals surface area contributed by atoms with Crippen molar-refractivity contribution in [2.45, 2.75) is 59.0 Å². The number of nitrogens with two attached hydrogens (primary N) is 2. The molecule has 3 aromatic carbocycles. The number of rotatable bonds is 13. The number of ether oxygens (including phenoxy) is 2. The first-order valence-corrected chi connectivity index (χ1v) is 14.0. The van der Waals surface area contributed by atoms with Gasteiger partial charge in [0, 0.05) is 34.2 Å². The predicted molar refractivity (Wildman–Crippen MR) is 165 cm³/mol. The molecule has 1 aromatic heterocycles. The van der Waals surface area contributed by atoms with Crippen molar-refractivity contribution in [1.82, 2.24) is 0 Å². The van der Waals surface area contributed by atoms with Crippen molar-refractivity contribution in [3.05, 3.63) is 83.9 Å². The van der Waals surface area contributed by atoms with Gasteiger partial charge in [-0.1, -0.05) is 24.3 Å². The monoisotopic (exact) mass is 540 g/mol. The fourth-order valence-corrected chi connectivity index (χ4v) is 4.26. The van der Waals surface area contributed by atoms with Crippen LogP contribution in [0.3, 0.4) is 0 Å². The highest BCUT2D eigenvalue weighted by molar-refractivity contribution is 6.00. The Hall–Kier alpha value is -4.26. The number of amidine groups is 2. The van der Waals surface area contributed by atoms with Crippen molar-refractivity contribution in [1.29, 1.82) is 0 Å². The molecule has 0 aliphatic heterocycles. The van der Waals surface area contributed by atoms with Crippen LogP contribution < -0.4 is 20.9 Å². The minimum Gasteiger partial charge on any atom is -0.494 e. The lowest BCUT2D eigenvalue weighted by atomic mass is 10.1. The van der Waals surface area contributed by atoms with E-state index < -0.39 is 0 Å². The van der Waals surface area contributed by atoms with Crippen molar-refractivity contribution < 1.29 is 13.9 Å². The van der Waals surface area contributed by atoms with Crippen molar-refractivity contribution in [2.75, 3.05) is 13.2 Å². The van der Waals surface area contributed by atoms with Gasteiger partial charge in [-0.25, -0.2) is 0 Å². The summed E-state index contributed by atoms with van der Waals surface area (Å²) in [5, 5.41) is 1.03. The average molecular weight is 541 g/mol. The minimum atomic E-state index is 0.141. The normalized spacial score (nSPS) is 12.4. The Balaban J connectivity index is 1.21. The molecule has 0 saturated carbocycles. The summed E-state index contributed by atoms with van der Waals surface area (Å²) in [4.78, 5) is 8.83. The second-order valence-corrected chi connectivity index (χ2v) is 10.4. The lowest BCUT2D eigenvalue weighted by molar-refractivity contribution is 0.279. The molecule has 0 aliphatic rings. The Morgan fingerprint density at radius 2 is 1.32 bits per heavy atom. The Morgan fingerprint density at radius 3 is 1.98 bits per heavy atom. The molecule has 4 N–H and O–H groups in total. The minimum absolute atomic E-state index is 0.141. The number of hydrogen-bond acceptors (Lipinski definition) is 5. The molecule has 0 fully saturated rings. The molecule has 0 radical (unpaired) electrons. The quantitative estimate of drug-likeness (QED) is 0.108. The van der Waals surface area contributed by atoms with Gasteiger partial charge in [0.05, 0.1) is 13.2 Å². The molecule has 0 bridgehead atoms. The summed E-state index contributed by atoms with van der Waals surface area (Å²) in [7, 11) is 0. The third kappa shape index (κ3) is 8.12. The summed E-state index contributed by atoms with van der Waals surface area (Å²) in [5.41, 5.74) is 15.7. The Kier molecular flexibility index (Phi) is 9.84. The maximum absolute atomic E-state index is 6.13. The van der Waals surface area contributed by atoms with E-state index in [1.54, 1.807) is 0 Å². The second-order valence-electron chi connectivity index (χ2n) is 10.4. The lowest BCUT2D eigenvalue weighted by Crippen LogP contribution is -2.15. The largest absolute Gasteiger partial charge is 0.494 e. The lowest BCUT2D eigenvalue weighted by Gasteiger charge is -2.09. The van der Waals surface area contributed by atoms with Crippen LogP contribution in [-0.2, 0) is 0 Å². The molecule has 0 unspecified atom stereocenters. The number of furan rings is 1. The van der Waals surface area contributed by atoms with Gasteiger partial charge in [0.1, 0.15) is 34.5 Å². The van der Waals surface area contributed by atoms with Crippen LogP contribution in [0.5, 0.6) is 11.5 Å². The Labute approximate surface area is 236 Å². The van der Waals surface area contributed by atoms with Crippen molar-refractivity contribution >= 4 is 22.6 Å². The zero-order valence-corrected chi connectivity index (χ0v) is 23.9. The van der Waals surface area contributed by atoms with E-state index in [4.69, 9.17) is 25.4 Å². The van der Waals surface area contributed by atoms with E-state index in [0.717, 1.165) is 64.2 Å². The molecule has 0 atom stereocenters. The first kappa shape index (κ1) is 28.7. The second kappa shape index (κ2) is 13.7. The maximum atomic E-state index is 6.13. The van der Waals surface area contributed by atoms with Crippen LogP contribution in [0.2, 0.25) is 0 Å². The highest BCUT2D eigenvalue weighted by Crippen LogP contribution is 2.30. The van der Waals surface area contributed by atoms with E-state index in [1.165, 1.54) is 0 Å². The number of aliphatic imine (C=N–C) groups is 2. The average Bonchev–Trinajstić information content (AvgIpc) is 3.36. The predicted octanol–water partition coefficient (Wildman–Crippen LogP) is 6.96. The van der Waals surface area contributed by atoms with Gasteiger partial charge in [0.15, 0.2) is 0 Å². The van der Waals surface area contributed by atoms with E-state index >= 15 is 0 Å². The van der Waals surface area contributed by atoms with E-state index in [1.807, 2.05) is 100 Å². The Morgan fingerprint density at radius 1 is 0.700 bits per heavy atom. The highest BCUT2D eigenvalue weighted by Gasteiger charge is 2.09. The first-order valence-electron chi connectivity index (χ1n) is 14.0. The topological polar surface area (TPSA) is 108 Å². The number of hydrogen-bond donors (Lipinski definition) is 2. The van der Waals surface area contributed by atoms with E-state index in [9.17, 15) is 0 Å². The van der Waals surface area contributed by atoms with Crippen LogP contribution in [0, 0.1) is 0 Å². The third-order valence-electron chi connectivity index (χ3n) is 6.21. The smallest absolute Gasteiger partial charge is 0.135 e. The first-order chi connectivity index (χ1) is 19.3. The molecular weight excluding hydrogens is 500 g/mol. The molecule has 4 aromatic rings. The molecule has 0 amide bonds. The highest BCUT2D eigenvalue weighted by atomic mass is 16.5. The zero-order chi connectivity index (χ0) is 28.5.